The van der Waals surface area contributed by atoms with Gasteiger partial charge in [0.25, 0.3) is 0 Å². The van der Waals surface area contributed by atoms with Gasteiger partial charge < -0.3 is 4.90 Å². The highest BCUT2D eigenvalue weighted by molar-refractivity contribution is 5.65. The molecule has 1 nitrogen and oxygen atoms in total. The van der Waals surface area contributed by atoms with Crippen LogP contribution in [0.25, 0.3) is 0 Å². The number of hydrogen-bond acceptors (Lipinski definition) is 1. The van der Waals surface area contributed by atoms with Gasteiger partial charge >= 0.3 is 0 Å². The van der Waals surface area contributed by atoms with Gasteiger partial charge in [-0.3, -0.25) is 0 Å². The summed E-state index contributed by atoms with van der Waals surface area (Å²) in [5, 5.41) is 0. The van der Waals surface area contributed by atoms with Gasteiger partial charge in [-0.1, -0.05) is 31.9 Å². The van der Waals surface area contributed by atoms with Crippen LogP contribution in [0.2, 0.25) is 0 Å². The molecule has 1 aliphatic heterocycles. The lowest BCUT2D eigenvalue weighted by Crippen LogP contribution is -2.26. The number of hydrogen-bond donors (Lipinski definition) is 0. The molecule has 0 N–H and O–H groups in total. The first-order valence-electron chi connectivity index (χ1n) is 7.09. The van der Waals surface area contributed by atoms with E-state index in [4.69, 9.17) is 6.42 Å². The molecule has 0 saturated carbocycles. The molecule has 1 aliphatic rings. The van der Waals surface area contributed by atoms with E-state index >= 15 is 0 Å². The molecule has 1 aromatic rings. The highest BCUT2D eigenvalue weighted by Crippen LogP contribution is 2.29. The zero-order valence-electron chi connectivity index (χ0n) is 11.6. The zero-order chi connectivity index (χ0) is 13.0. The quantitative estimate of drug-likeness (QED) is 0.711. The van der Waals surface area contributed by atoms with E-state index < -0.39 is 0 Å². The predicted molar refractivity (Wildman–Crippen MR) is 79.0 cm³/mol. The fraction of sp³-hybridized carbons (Fsp3) is 0.529. The lowest BCUT2D eigenvalue weighted by Gasteiger charge is -2.26. The number of nitrogens with zero attached hydrogens (tertiary/aromatic N) is 1. The van der Waals surface area contributed by atoms with Gasteiger partial charge in [-0.15, -0.1) is 6.42 Å². The summed E-state index contributed by atoms with van der Waals surface area (Å²) in [6.07, 6.45) is 10.6. The minimum atomic E-state index is 0.845. The summed E-state index contributed by atoms with van der Waals surface area (Å²) in [5.41, 5.74) is 3.76. The van der Waals surface area contributed by atoms with E-state index in [1.807, 2.05) is 0 Å². The second kappa shape index (κ2) is 5.96. The molecule has 96 valence electrons. The number of rotatable bonds is 2. The van der Waals surface area contributed by atoms with Crippen molar-refractivity contribution in [2.24, 2.45) is 5.92 Å². The molecule has 18 heavy (non-hydrogen) atoms. The number of anilines is 1. The molecule has 2 rings (SSSR count). The first-order valence-corrected chi connectivity index (χ1v) is 7.09. The standard InChI is InChI=1S/C17H23N/c1-4-15-9-6-10-16(5-2)17(15)18-12-7-8-14(3)11-13-18/h1,6,9-10,14H,5,7-8,11-13H2,2-3H3. The summed E-state index contributed by atoms with van der Waals surface area (Å²) < 4.78 is 0. The maximum absolute atomic E-state index is 5.67. The van der Waals surface area contributed by atoms with Gasteiger partial charge in [0.2, 0.25) is 0 Å². The first-order chi connectivity index (χ1) is 8.76. The van der Waals surface area contributed by atoms with Crippen LogP contribution in [0, 0.1) is 18.3 Å². The third-order valence-electron chi connectivity index (χ3n) is 3.99. The van der Waals surface area contributed by atoms with Crippen LogP contribution in [-0.2, 0) is 6.42 Å². The lowest BCUT2D eigenvalue weighted by atomic mass is 10.0. The molecule has 0 amide bonds. The van der Waals surface area contributed by atoms with E-state index in [9.17, 15) is 0 Å². The van der Waals surface area contributed by atoms with Crippen molar-refractivity contribution in [3.63, 3.8) is 0 Å². The molecular weight excluding hydrogens is 218 g/mol. The van der Waals surface area contributed by atoms with Crippen LogP contribution in [0.5, 0.6) is 0 Å². The van der Waals surface area contributed by atoms with Crippen molar-refractivity contribution in [2.45, 2.75) is 39.5 Å². The fourth-order valence-corrected chi connectivity index (χ4v) is 2.85. The predicted octanol–water partition coefficient (Wildman–Crippen LogP) is 3.86. The summed E-state index contributed by atoms with van der Waals surface area (Å²) in [6.45, 7) is 6.86. The third-order valence-corrected chi connectivity index (χ3v) is 3.99. The van der Waals surface area contributed by atoms with Crippen molar-refractivity contribution in [3.05, 3.63) is 29.3 Å². The minimum absolute atomic E-state index is 0.845. The maximum Gasteiger partial charge on any atom is 0.0557 e. The Balaban J connectivity index is 2.34. The van der Waals surface area contributed by atoms with Crippen LogP contribution < -0.4 is 4.90 Å². The number of aryl methyl sites for hydroxylation is 1. The summed E-state index contributed by atoms with van der Waals surface area (Å²) in [7, 11) is 0. The Morgan fingerprint density at radius 2 is 2.17 bits per heavy atom. The van der Waals surface area contributed by atoms with Gasteiger partial charge in [-0.05, 0) is 43.2 Å². The Morgan fingerprint density at radius 3 is 2.89 bits per heavy atom. The van der Waals surface area contributed by atoms with Crippen molar-refractivity contribution in [1.82, 2.24) is 0 Å². The third kappa shape index (κ3) is 2.70. The maximum atomic E-state index is 5.67. The molecule has 0 spiro atoms. The monoisotopic (exact) mass is 241 g/mol. The Hall–Kier alpha value is -1.42. The van der Waals surface area contributed by atoms with Crippen molar-refractivity contribution >= 4 is 5.69 Å². The molecule has 1 heteroatoms. The molecule has 1 aromatic carbocycles. The van der Waals surface area contributed by atoms with Crippen LogP contribution in [-0.4, -0.2) is 13.1 Å². The molecule has 0 aliphatic carbocycles. The molecule has 0 bridgehead atoms. The fourth-order valence-electron chi connectivity index (χ4n) is 2.85. The molecule has 1 heterocycles. The van der Waals surface area contributed by atoms with Gasteiger partial charge in [0.15, 0.2) is 0 Å². The van der Waals surface area contributed by atoms with E-state index in [1.54, 1.807) is 0 Å². The topological polar surface area (TPSA) is 3.24 Å². The van der Waals surface area contributed by atoms with E-state index in [-0.39, 0.29) is 0 Å². The number of benzene rings is 1. The van der Waals surface area contributed by atoms with E-state index in [0.717, 1.165) is 31.0 Å². The normalized spacial score (nSPS) is 20.3. The van der Waals surface area contributed by atoms with Crippen molar-refractivity contribution < 1.29 is 0 Å². The Morgan fingerprint density at radius 1 is 1.33 bits per heavy atom. The first kappa shape index (κ1) is 13.0. The van der Waals surface area contributed by atoms with Gasteiger partial charge in [0, 0.05) is 18.7 Å². The SMILES string of the molecule is C#Cc1cccc(CC)c1N1CCCC(C)CC1. The summed E-state index contributed by atoms with van der Waals surface area (Å²) >= 11 is 0. The van der Waals surface area contributed by atoms with Crippen LogP contribution in [0.15, 0.2) is 18.2 Å². The average molecular weight is 241 g/mol. The van der Waals surface area contributed by atoms with Gasteiger partial charge in [-0.25, -0.2) is 0 Å². The average Bonchev–Trinajstić information content (AvgIpc) is 2.62. The van der Waals surface area contributed by atoms with Crippen LogP contribution in [0.3, 0.4) is 0 Å². The smallest absolute Gasteiger partial charge is 0.0557 e. The van der Waals surface area contributed by atoms with E-state index in [2.05, 4.69) is 42.9 Å². The molecule has 0 aromatic heterocycles. The molecule has 0 radical (unpaired) electrons. The summed E-state index contributed by atoms with van der Waals surface area (Å²) in [6, 6.07) is 6.37. The highest BCUT2D eigenvalue weighted by Gasteiger charge is 2.18. The highest BCUT2D eigenvalue weighted by atomic mass is 15.1. The van der Waals surface area contributed by atoms with Crippen LogP contribution in [0.1, 0.15) is 44.2 Å². The molecular formula is C17H23N. The zero-order valence-corrected chi connectivity index (χ0v) is 11.6. The Labute approximate surface area is 111 Å². The Kier molecular flexibility index (Phi) is 4.31. The number of para-hydroxylation sites is 1. The summed E-state index contributed by atoms with van der Waals surface area (Å²) in [5.74, 6) is 3.70. The number of terminal acetylenes is 1. The van der Waals surface area contributed by atoms with Gasteiger partial charge in [-0.2, -0.15) is 0 Å². The van der Waals surface area contributed by atoms with Crippen LogP contribution in [0.4, 0.5) is 5.69 Å². The van der Waals surface area contributed by atoms with Crippen molar-refractivity contribution in [1.29, 1.82) is 0 Å². The second-order valence-corrected chi connectivity index (χ2v) is 5.33. The molecule has 1 fully saturated rings. The van der Waals surface area contributed by atoms with Crippen molar-refractivity contribution in [3.8, 4) is 12.3 Å². The Bertz CT molecular complexity index is 441. The largest absolute Gasteiger partial charge is 0.370 e. The minimum Gasteiger partial charge on any atom is -0.370 e. The molecule has 1 saturated heterocycles. The lowest BCUT2D eigenvalue weighted by molar-refractivity contribution is 0.521. The van der Waals surface area contributed by atoms with E-state index in [0.29, 0.717) is 0 Å². The summed E-state index contributed by atoms with van der Waals surface area (Å²) in [4.78, 5) is 2.51. The van der Waals surface area contributed by atoms with E-state index in [1.165, 1.54) is 30.5 Å². The van der Waals surface area contributed by atoms with Crippen molar-refractivity contribution in [2.75, 3.05) is 18.0 Å². The van der Waals surface area contributed by atoms with Crippen LogP contribution >= 0.6 is 0 Å². The molecule has 1 unspecified atom stereocenters. The van der Waals surface area contributed by atoms with Gasteiger partial charge in [0.05, 0.1) is 5.69 Å². The molecule has 1 atom stereocenters. The van der Waals surface area contributed by atoms with Gasteiger partial charge in [0.1, 0.15) is 0 Å². The second-order valence-electron chi connectivity index (χ2n) is 5.33.